The molecule has 3 rings (SSSR count). The van der Waals surface area contributed by atoms with Gasteiger partial charge in [0.15, 0.2) is 0 Å². The number of carbonyl (C=O) groups excluding carboxylic acids is 1. The average molecular weight is 286 g/mol. The lowest BCUT2D eigenvalue weighted by atomic mass is 9.75. The van der Waals surface area contributed by atoms with Crippen LogP contribution in [0.4, 0.5) is 5.69 Å². The van der Waals surface area contributed by atoms with Gasteiger partial charge in [-0.05, 0) is 63.7 Å². The quantitative estimate of drug-likeness (QED) is 0.906. The van der Waals surface area contributed by atoms with Gasteiger partial charge in [0.05, 0.1) is 5.41 Å². The standard InChI is InChI=1S/C18H26N2O/c1-3-18(8-10-19-11-9-18)17(21)20-12-4-5-15-13-14(2)6-7-16(15)20/h6-7,13,19H,3-5,8-12H2,1-2H3. The Labute approximate surface area is 127 Å². The number of piperidine rings is 1. The number of nitrogens with one attached hydrogen (secondary N) is 1. The highest BCUT2D eigenvalue weighted by Crippen LogP contribution is 2.38. The van der Waals surface area contributed by atoms with Gasteiger partial charge < -0.3 is 10.2 Å². The summed E-state index contributed by atoms with van der Waals surface area (Å²) in [5, 5.41) is 3.39. The third-order valence-electron chi connectivity index (χ3n) is 5.29. The molecular formula is C18H26N2O. The highest BCUT2D eigenvalue weighted by atomic mass is 16.2. The van der Waals surface area contributed by atoms with E-state index in [4.69, 9.17) is 0 Å². The molecule has 21 heavy (non-hydrogen) atoms. The van der Waals surface area contributed by atoms with E-state index in [1.165, 1.54) is 11.1 Å². The van der Waals surface area contributed by atoms with Crippen LogP contribution in [0.15, 0.2) is 18.2 Å². The van der Waals surface area contributed by atoms with Gasteiger partial charge in [-0.25, -0.2) is 0 Å². The van der Waals surface area contributed by atoms with Crippen LogP contribution in [0.2, 0.25) is 0 Å². The fraction of sp³-hybridized carbons (Fsp3) is 0.611. The highest BCUT2D eigenvalue weighted by molar-refractivity contribution is 5.98. The van der Waals surface area contributed by atoms with Crippen LogP contribution in [0, 0.1) is 12.3 Å². The lowest BCUT2D eigenvalue weighted by molar-refractivity contribution is -0.130. The predicted octanol–water partition coefficient (Wildman–Crippen LogP) is 3.05. The fourth-order valence-electron chi connectivity index (χ4n) is 3.85. The maximum Gasteiger partial charge on any atom is 0.233 e. The maximum absolute atomic E-state index is 13.3. The van der Waals surface area contributed by atoms with Crippen LogP contribution < -0.4 is 10.2 Å². The van der Waals surface area contributed by atoms with E-state index >= 15 is 0 Å². The van der Waals surface area contributed by atoms with Gasteiger partial charge in [0.25, 0.3) is 0 Å². The molecule has 0 saturated carbocycles. The Bertz CT molecular complexity index is 532. The summed E-state index contributed by atoms with van der Waals surface area (Å²) in [6.45, 7) is 7.11. The average Bonchev–Trinajstić information content (AvgIpc) is 2.54. The summed E-state index contributed by atoms with van der Waals surface area (Å²) < 4.78 is 0. The molecule has 2 heterocycles. The smallest absolute Gasteiger partial charge is 0.233 e. The number of aryl methyl sites for hydroxylation is 2. The van der Waals surface area contributed by atoms with Gasteiger partial charge in [-0.2, -0.15) is 0 Å². The molecular weight excluding hydrogens is 260 g/mol. The van der Waals surface area contributed by atoms with E-state index < -0.39 is 0 Å². The minimum absolute atomic E-state index is 0.148. The summed E-state index contributed by atoms with van der Waals surface area (Å²) in [6.07, 6.45) is 5.08. The van der Waals surface area contributed by atoms with Crippen molar-refractivity contribution in [3.63, 3.8) is 0 Å². The van der Waals surface area contributed by atoms with Crippen molar-refractivity contribution in [2.75, 3.05) is 24.5 Å². The number of nitrogens with zero attached hydrogens (tertiary/aromatic N) is 1. The van der Waals surface area contributed by atoms with Gasteiger partial charge in [0, 0.05) is 12.2 Å². The Hall–Kier alpha value is -1.35. The Morgan fingerprint density at radius 3 is 2.81 bits per heavy atom. The molecule has 3 nitrogen and oxygen atoms in total. The van der Waals surface area contributed by atoms with E-state index in [0.717, 1.165) is 57.4 Å². The molecule has 0 bridgehead atoms. The zero-order valence-corrected chi connectivity index (χ0v) is 13.2. The van der Waals surface area contributed by atoms with E-state index in [2.05, 4.69) is 42.3 Å². The molecule has 114 valence electrons. The van der Waals surface area contributed by atoms with Crippen LogP contribution >= 0.6 is 0 Å². The Morgan fingerprint density at radius 1 is 1.33 bits per heavy atom. The molecule has 0 unspecified atom stereocenters. The van der Waals surface area contributed by atoms with Crippen LogP contribution in [0.1, 0.15) is 43.7 Å². The molecule has 3 heteroatoms. The lowest BCUT2D eigenvalue weighted by Gasteiger charge is -2.41. The van der Waals surface area contributed by atoms with Crippen molar-refractivity contribution in [1.29, 1.82) is 0 Å². The molecule has 0 radical (unpaired) electrons. The summed E-state index contributed by atoms with van der Waals surface area (Å²) in [6, 6.07) is 6.52. The van der Waals surface area contributed by atoms with Crippen molar-refractivity contribution in [1.82, 2.24) is 5.32 Å². The van der Waals surface area contributed by atoms with Crippen molar-refractivity contribution in [2.45, 2.75) is 46.0 Å². The van der Waals surface area contributed by atoms with E-state index in [9.17, 15) is 4.79 Å². The molecule has 0 aliphatic carbocycles. The lowest BCUT2D eigenvalue weighted by Crippen LogP contribution is -2.50. The zero-order chi connectivity index (χ0) is 14.9. The number of hydrogen-bond donors (Lipinski definition) is 1. The van der Waals surface area contributed by atoms with Crippen LogP contribution in [0.3, 0.4) is 0 Å². The van der Waals surface area contributed by atoms with Crippen LogP contribution in [0.25, 0.3) is 0 Å². The monoisotopic (exact) mass is 286 g/mol. The van der Waals surface area contributed by atoms with Gasteiger partial charge in [0.1, 0.15) is 0 Å². The molecule has 2 aliphatic heterocycles. The van der Waals surface area contributed by atoms with Gasteiger partial charge in [-0.3, -0.25) is 4.79 Å². The maximum atomic E-state index is 13.3. The van der Waals surface area contributed by atoms with Crippen molar-refractivity contribution < 1.29 is 4.79 Å². The first-order chi connectivity index (χ1) is 10.2. The molecule has 0 aromatic heterocycles. The summed E-state index contributed by atoms with van der Waals surface area (Å²) in [7, 11) is 0. The molecule has 1 amide bonds. The third-order valence-corrected chi connectivity index (χ3v) is 5.29. The van der Waals surface area contributed by atoms with Crippen LogP contribution in [0.5, 0.6) is 0 Å². The zero-order valence-electron chi connectivity index (χ0n) is 13.2. The van der Waals surface area contributed by atoms with Crippen molar-refractivity contribution in [3.05, 3.63) is 29.3 Å². The number of rotatable bonds is 2. The van der Waals surface area contributed by atoms with E-state index in [1.807, 2.05) is 0 Å². The fourth-order valence-corrected chi connectivity index (χ4v) is 3.85. The molecule has 1 aromatic rings. The third kappa shape index (κ3) is 2.59. The van der Waals surface area contributed by atoms with Gasteiger partial charge in [0.2, 0.25) is 5.91 Å². The van der Waals surface area contributed by atoms with Gasteiger partial charge >= 0.3 is 0 Å². The second kappa shape index (κ2) is 5.80. The summed E-state index contributed by atoms with van der Waals surface area (Å²) in [5.74, 6) is 0.358. The Balaban J connectivity index is 1.92. The van der Waals surface area contributed by atoms with E-state index in [1.54, 1.807) is 0 Å². The summed E-state index contributed by atoms with van der Waals surface area (Å²) in [5.41, 5.74) is 3.64. The minimum atomic E-state index is -0.148. The SMILES string of the molecule is CCC1(C(=O)N2CCCc3cc(C)ccc32)CCNCC1. The molecule has 0 spiro atoms. The second-order valence-corrected chi connectivity index (χ2v) is 6.58. The van der Waals surface area contributed by atoms with Crippen molar-refractivity contribution >= 4 is 11.6 Å². The first kappa shape index (κ1) is 14.6. The van der Waals surface area contributed by atoms with Crippen LogP contribution in [-0.2, 0) is 11.2 Å². The number of amides is 1. The van der Waals surface area contributed by atoms with Gasteiger partial charge in [-0.1, -0.05) is 24.6 Å². The minimum Gasteiger partial charge on any atom is -0.317 e. The first-order valence-corrected chi connectivity index (χ1v) is 8.28. The molecule has 1 N–H and O–H groups in total. The van der Waals surface area contributed by atoms with Gasteiger partial charge in [-0.15, -0.1) is 0 Å². The molecule has 1 aromatic carbocycles. The molecule has 1 saturated heterocycles. The normalized spacial score (nSPS) is 21.0. The summed E-state index contributed by atoms with van der Waals surface area (Å²) in [4.78, 5) is 15.3. The molecule has 2 aliphatic rings. The Kier molecular flexibility index (Phi) is 4.03. The second-order valence-electron chi connectivity index (χ2n) is 6.58. The predicted molar refractivity (Wildman–Crippen MR) is 86.7 cm³/mol. The van der Waals surface area contributed by atoms with Crippen molar-refractivity contribution in [3.8, 4) is 0 Å². The van der Waals surface area contributed by atoms with Crippen LogP contribution in [-0.4, -0.2) is 25.5 Å². The number of fused-ring (bicyclic) bond motifs is 1. The van der Waals surface area contributed by atoms with E-state index in [-0.39, 0.29) is 5.41 Å². The Morgan fingerprint density at radius 2 is 2.10 bits per heavy atom. The number of hydrogen-bond acceptors (Lipinski definition) is 2. The van der Waals surface area contributed by atoms with Crippen molar-refractivity contribution in [2.24, 2.45) is 5.41 Å². The number of anilines is 1. The topological polar surface area (TPSA) is 32.3 Å². The largest absolute Gasteiger partial charge is 0.317 e. The molecule has 0 atom stereocenters. The number of carbonyl (C=O) groups is 1. The van der Waals surface area contributed by atoms with E-state index in [0.29, 0.717) is 5.91 Å². The summed E-state index contributed by atoms with van der Waals surface area (Å²) >= 11 is 0. The first-order valence-electron chi connectivity index (χ1n) is 8.28. The number of benzene rings is 1. The molecule has 1 fully saturated rings. The highest BCUT2D eigenvalue weighted by Gasteiger charge is 2.41.